The molecule has 18 heavy (non-hydrogen) atoms. The summed E-state index contributed by atoms with van der Waals surface area (Å²) in [6, 6.07) is 3.61. The van der Waals surface area contributed by atoms with Gasteiger partial charge in [-0.25, -0.2) is 0 Å². The van der Waals surface area contributed by atoms with Crippen LogP contribution in [-0.2, 0) is 0 Å². The van der Waals surface area contributed by atoms with Gasteiger partial charge in [0.05, 0.1) is 5.56 Å². The van der Waals surface area contributed by atoms with Gasteiger partial charge in [-0.1, -0.05) is 0 Å². The van der Waals surface area contributed by atoms with E-state index in [2.05, 4.69) is 10.3 Å². The van der Waals surface area contributed by atoms with E-state index < -0.39 is 0 Å². The first-order valence-electron chi connectivity index (χ1n) is 5.59. The van der Waals surface area contributed by atoms with Crippen molar-refractivity contribution in [2.45, 2.75) is 31.7 Å². The fraction of sp³-hybridized carbons (Fsp3) is 0.500. The zero-order valence-corrected chi connectivity index (χ0v) is 11.9. The highest BCUT2D eigenvalue weighted by Gasteiger charge is 2.32. The number of rotatable bonds is 3. The lowest BCUT2D eigenvalue weighted by Gasteiger charge is -2.38. The Labute approximate surface area is 120 Å². The molecule has 1 aliphatic rings. The number of nitrogens with zero attached hydrogens (tertiary/aromatic N) is 1. The molecule has 1 aromatic heterocycles. The Kier molecular flexibility index (Phi) is 6.60. The van der Waals surface area contributed by atoms with Crippen LogP contribution in [0, 0.1) is 6.92 Å². The molecule has 1 saturated carbocycles. The predicted octanol–water partition coefficient (Wildman–Crippen LogP) is 1.84. The Morgan fingerprint density at radius 2 is 2.11 bits per heavy atom. The van der Waals surface area contributed by atoms with Crippen molar-refractivity contribution in [3.63, 3.8) is 0 Å². The largest absolute Gasteiger partial charge is 0.350 e. The molecule has 102 valence electrons. The van der Waals surface area contributed by atoms with E-state index >= 15 is 0 Å². The van der Waals surface area contributed by atoms with Crippen molar-refractivity contribution >= 4 is 30.7 Å². The van der Waals surface area contributed by atoms with E-state index in [1.807, 2.05) is 13.0 Å². The molecule has 1 aliphatic carbocycles. The van der Waals surface area contributed by atoms with Gasteiger partial charge in [0.25, 0.3) is 5.91 Å². The Bertz CT molecular complexity index is 391. The zero-order chi connectivity index (χ0) is 11.6. The normalized spacial score (nSPS) is 15.7. The lowest BCUT2D eigenvalue weighted by Crippen LogP contribution is -2.54. The fourth-order valence-corrected chi connectivity index (χ4v) is 1.77. The van der Waals surface area contributed by atoms with Gasteiger partial charge in [-0.15, -0.1) is 24.8 Å². The molecule has 0 spiro atoms. The van der Waals surface area contributed by atoms with Gasteiger partial charge in [0.1, 0.15) is 0 Å². The van der Waals surface area contributed by atoms with Gasteiger partial charge in [-0.2, -0.15) is 0 Å². The van der Waals surface area contributed by atoms with Gasteiger partial charge >= 0.3 is 0 Å². The number of carbonyl (C=O) groups is 1. The van der Waals surface area contributed by atoms with Gasteiger partial charge in [0.2, 0.25) is 0 Å². The van der Waals surface area contributed by atoms with Gasteiger partial charge < -0.3 is 11.1 Å². The fourth-order valence-electron chi connectivity index (χ4n) is 1.77. The van der Waals surface area contributed by atoms with E-state index in [9.17, 15) is 4.79 Å². The van der Waals surface area contributed by atoms with Crippen molar-refractivity contribution in [2.24, 2.45) is 5.73 Å². The van der Waals surface area contributed by atoms with E-state index in [-0.39, 0.29) is 36.3 Å². The van der Waals surface area contributed by atoms with E-state index in [0.717, 1.165) is 18.5 Å². The molecule has 0 bridgehead atoms. The number of hydrogen-bond acceptors (Lipinski definition) is 3. The second-order valence-electron chi connectivity index (χ2n) is 4.59. The van der Waals surface area contributed by atoms with E-state index in [4.69, 9.17) is 5.73 Å². The van der Waals surface area contributed by atoms with Crippen molar-refractivity contribution in [3.8, 4) is 0 Å². The number of nitrogens with one attached hydrogen (secondary N) is 1. The lowest BCUT2D eigenvalue weighted by atomic mass is 9.78. The first-order valence-corrected chi connectivity index (χ1v) is 5.59. The maximum Gasteiger partial charge on any atom is 0.252 e. The van der Waals surface area contributed by atoms with Crippen LogP contribution < -0.4 is 11.1 Å². The summed E-state index contributed by atoms with van der Waals surface area (Å²) in [6.45, 7) is 2.45. The minimum Gasteiger partial charge on any atom is -0.350 e. The van der Waals surface area contributed by atoms with Crippen molar-refractivity contribution in [1.82, 2.24) is 10.3 Å². The van der Waals surface area contributed by atoms with Gasteiger partial charge in [0.15, 0.2) is 0 Å². The molecule has 1 aromatic rings. The number of hydrogen-bond donors (Lipinski definition) is 2. The Morgan fingerprint density at radius 1 is 1.44 bits per heavy atom. The smallest absolute Gasteiger partial charge is 0.252 e. The molecule has 0 aromatic carbocycles. The average molecular weight is 292 g/mol. The molecule has 1 heterocycles. The Balaban J connectivity index is 0.00000144. The SMILES string of the molecule is Cc1ccc(C(=O)NCC2(N)CCC2)cn1.Cl.Cl. The van der Waals surface area contributed by atoms with Crippen LogP contribution in [0.15, 0.2) is 18.3 Å². The number of halogens is 2. The highest BCUT2D eigenvalue weighted by molar-refractivity contribution is 5.93. The molecule has 4 nitrogen and oxygen atoms in total. The Hall–Kier alpha value is -0.840. The summed E-state index contributed by atoms with van der Waals surface area (Å²) < 4.78 is 0. The van der Waals surface area contributed by atoms with Gasteiger partial charge in [-0.3, -0.25) is 9.78 Å². The number of carbonyl (C=O) groups excluding carboxylic acids is 1. The van der Waals surface area contributed by atoms with Crippen LogP contribution in [0.2, 0.25) is 0 Å². The Morgan fingerprint density at radius 3 is 2.56 bits per heavy atom. The van der Waals surface area contributed by atoms with Crippen LogP contribution in [0.4, 0.5) is 0 Å². The number of amides is 1. The summed E-state index contributed by atoms with van der Waals surface area (Å²) in [5.74, 6) is -0.0933. The van der Waals surface area contributed by atoms with Crippen LogP contribution in [-0.4, -0.2) is 23.0 Å². The lowest BCUT2D eigenvalue weighted by molar-refractivity contribution is 0.0929. The summed E-state index contributed by atoms with van der Waals surface area (Å²) in [4.78, 5) is 15.8. The third kappa shape index (κ3) is 4.12. The van der Waals surface area contributed by atoms with Gasteiger partial charge in [-0.05, 0) is 38.3 Å². The first kappa shape index (κ1) is 17.2. The molecule has 6 heteroatoms. The number of aromatic nitrogens is 1. The highest BCUT2D eigenvalue weighted by Crippen LogP contribution is 2.28. The van der Waals surface area contributed by atoms with Crippen LogP contribution in [0.3, 0.4) is 0 Å². The van der Waals surface area contributed by atoms with E-state index in [1.54, 1.807) is 12.3 Å². The molecular weight excluding hydrogens is 273 g/mol. The number of aryl methyl sites for hydroxylation is 1. The number of pyridine rings is 1. The molecule has 1 amide bonds. The molecule has 3 N–H and O–H groups in total. The van der Waals surface area contributed by atoms with Crippen molar-refractivity contribution in [2.75, 3.05) is 6.54 Å². The molecule has 0 atom stereocenters. The molecule has 0 saturated heterocycles. The maximum atomic E-state index is 11.7. The van der Waals surface area contributed by atoms with Crippen LogP contribution in [0.1, 0.15) is 35.3 Å². The first-order chi connectivity index (χ1) is 7.59. The summed E-state index contributed by atoms with van der Waals surface area (Å²) in [7, 11) is 0. The molecule has 0 unspecified atom stereocenters. The molecule has 1 fully saturated rings. The third-order valence-corrected chi connectivity index (χ3v) is 3.12. The second kappa shape index (κ2) is 6.92. The summed E-state index contributed by atoms with van der Waals surface area (Å²) in [5, 5.41) is 2.86. The average Bonchev–Trinajstić information content (AvgIpc) is 2.24. The molecule has 0 radical (unpaired) electrons. The van der Waals surface area contributed by atoms with Crippen molar-refractivity contribution in [3.05, 3.63) is 29.6 Å². The minimum atomic E-state index is -0.173. The molecule has 2 rings (SSSR count). The van der Waals surface area contributed by atoms with Crippen LogP contribution in [0.5, 0.6) is 0 Å². The van der Waals surface area contributed by atoms with Crippen LogP contribution in [0.25, 0.3) is 0 Å². The molecule has 0 aliphatic heterocycles. The highest BCUT2D eigenvalue weighted by atomic mass is 35.5. The zero-order valence-electron chi connectivity index (χ0n) is 10.3. The summed E-state index contributed by atoms with van der Waals surface area (Å²) in [6.07, 6.45) is 4.76. The predicted molar refractivity (Wildman–Crippen MR) is 76.6 cm³/mol. The third-order valence-electron chi connectivity index (χ3n) is 3.12. The van der Waals surface area contributed by atoms with Crippen LogP contribution >= 0.6 is 24.8 Å². The van der Waals surface area contributed by atoms with Gasteiger partial charge in [0, 0.05) is 24.0 Å². The minimum absolute atomic E-state index is 0. The standard InChI is InChI=1S/C12H17N3O.2ClH/c1-9-3-4-10(7-14-9)11(16)15-8-12(13)5-2-6-12;;/h3-4,7H,2,5-6,8,13H2,1H3,(H,15,16);2*1H. The van der Waals surface area contributed by atoms with Crippen molar-refractivity contribution in [1.29, 1.82) is 0 Å². The quantitative estimate of drug-likeness (QED) is 0.893. The second-order valence-corrected chi connectivity index (χ2v) is 4.59. The van der Waals surface area contributed by atoms with E-state index in [1.165, 1.54) is 6.42 Å². The number of nitrogens with two attached hydrogens (primary N) is 1. The maximum absolute atomic E-state index is 11.7. The molecular formula is C12H19Cl2N3O. The van der Waals surface area contributed by atoms with Crippen molar-refractivity contribution < 1.29 is 4.79 Å². The van der Waals surface area contributed by atoms with E-state index in [0.29, 0.717) is 12.1 Å². The summed E-state index contributed by atoms with van der Waals surface area (Å²) in [5.41, 5.74) is 7.35. The monoisotopic (exact) mass is 291 g/mol. The summed E-state index contributed by atoms with van der Waals surface area (Å²) >= 11 is 0. The topological polar surface area (TPSA) is 68.0 Å².